The minimum atomic E-state index is -0.260. The van der Waals surface area contributed by atoms with Gasteiger partial charge in [0, 0.05) is 25.7 Å². The Morgan fingerprint density at radius 2 is 2.23 bits per heavy atom. The number of ether oxygens (including phenoxy) is 1. The molecule has 1 aliphatic heterocycles. The highest BCUT2D eigenvalue weighted by atomic mass is 32.1. The van der Waals surface area contributed by atoms with E-state index < -0.39 is 0 Å². The molecule has 0 radical (unpaired) electrons. The van der Waals surface area contributed by atoms with Gasteiger partial charge < -0.3 is 25.6 Å². The number of fused-ring (bicyclic) bond motifs is 1. The standard InChI is InChI=1S/C19H20N8O2S/c1-11-9-26(19(28)23-14-4-3-13(29-2)7-12(14)8-20)5-6-27(11)16-15-17(30-10-22-15)25-18(21)24-16/h3-4,7,10-11H,5-6,9H2,1-2H3,(H,23,28)(H2,21,24,25). The van der Waals surface area contributed by atoms with Crippen molar-refractivity contribution in [3.63, 3.8) is 0 Å². The number of anilines is 3. The molecule has 2 amide bonds. The van der Waals surface area contributed by atoms with Crippen LogP contribution >= 0.6 is 11.3 Å². The van der Waals surface area contributed by atoms with E-state index in [9.17, 15) is 10.1 Å². The highest BCUT2D eigenvalue weighted by Gasteiger charge is 2.30. The first-order valence-corrected chi connectivity index (χ1v) is 10.2. The number of rotatable bonds is 3. The van der Waals surface area contributed by atoms with Gasteiger partial charge in [-0.3, -0.25) is 0 Å². The second-order valence-corrected chi connectivity index (χ2v) is 7.69. The number of piperazine rings is 1. The van der Waals surface area contributed by atoms with E-state index in [1.807, 2.05) is 6.92 Å². The predicted octanol–water partition coefficient (Wildman–Crippen LogP) is 2.29. The van der Waals surface area contributed by atoms with Crippen LogP contribution in [-0.4, -0.2) is 58.7 Å². The molecule has 1 fully saturated rings. The fourth-order valence-corrected chi connectivity index (χ4v) is 4.13. The van der Waals surface area contributed by atoms with Crippen molar-refractivity contribution in [3.05, 3.63) is 29.3 Å². The Morgan fingerprint density at radius 1 is 1.40 bits per heavy atom. The number of nitriles is 1. The number of thiazole rings is 1. The Bertz CT molecular complexity index is 1140. The van der Waals surface area contributed by atoms with Crippen molar-refractivity contribution < 1.29 is 9.53 Å². The largest absolute Gasteiger partial charge is 0.497 e. The number of carbonyl (C=O) groups excluding carboxylic acids is 1. The normalized spacial score (nSPS) is 16.4. The van der Waals surface area contributed by atoms with Crippen LogP contribution in [0.15, 0.2) is 23.7 Å². The van der Waals surface area contributed by atoms with E-state index in [1.165, 1.54) is 18.4 Å². The molecule has 10 nitrogen and oxygen atoms in total. The van der Waals surface area contributed by atoms with Crippen molar-refractivity contribution in [1.29, 1.82) is 5.26 Å². The fraction of sp³-hybridized carbons (Fsp3) is 0.316. The molecule has 1 saturated heterocycles. The van der Waals surface area contributed by atoms with Gasteiger partial charge in [-0.25, -0.2) is 14.8 Å². The Morgan fingerprint density at radius 3 is 2.97 bits per heavy atom. The van der Waals surface area contributed by atoms with Crippen molar-refractivity contribution in [3.8, 4) is 11.8 Å². The van der Waals surface area contributed by atoms with E-state index in [4.69, 9.17) is 10.5 Å². The van der Waals surface area contributed by atoms with Gasteiger partial charge in [-0.05, 0) is 25.1 Å². The molecule has 3 aromatic rings. The Kier molecular flexibility index (Phi) is 5.24. The number of methoxy groups -OCH3 is 1. The molecule has 0 saturated carbocycles. The highest BCUT2D eigenvalue weighted by Crippen LogP contribution is 2.29. The molecule has 154 valence electrons. The summed E-state index contributed by atoms with van der Waals surface area (Å²) in [6.07, 6.45) is 0. The van der Waals surface area contributed by atoms with Gasteiger partial charge in [-0.15, -0.1) is 11.3 Å². The highest BCUT2D eigenvalue weighted by molar-refractivity contribution is 7.16. The van der Waals surface area contributed by atoms with Crippen LogP contribution in [0.2, 0.25) is 0 Å². The summed E-state index contributed by atoms with van der Waals surface area (Å²) in [5, 5.41) is 12.2. The van der Waals surface area contributed by atoms with Crippen molar-refractivity contribution in [2.24, 2.45) is 0 Å². The molecule has 2 aromatic heterocycles. The number of hydrogen-bond acceptors (Lipinski definition) is 9. The number of urea groups is 1. The van der Waals surface area contributed by atoms with E-state index in [0.717, 1.165) is 10.3 Å². The van der Waals surface area contributed by atoms with Crippen LogP contribution in [0.4, 0.5) is 22.2 Å². The number of nitrogens with zero attached hydrogens (tertiary/aromatic N) is 6. The van der Waals surface area contributed by atoms with Gasteiger partial charge in [0.2, 0.25) is 5.95 Å². The third kappa shape index (κ3) is 3.65. The lowest BCUT2D eigenvalue weighted by molar-refractivity contribution is 0.200. The summed E-state index contributed by atoms with van der Waals surface area (Å²) in [5.74, 6) is 1.45. The van der Waals surface area contributed by atoms with E-state index in [-0.39, 0.29) is 18.0 Å². The molecule has 0 aliphatic carbocycles. The first-order valence-electron chi connectivity index (χ1n) is 9.27. The minimum Gasteiger partial charge on any atom is -0.497 e. The van der Waals surface area contributed by atoms with Crippen LogP contribution in [0.25, 0.3) is 10.3 Å². The maximum absolute atomic E-state index is 12.8. The van der Waals surface area contributed by atoms with Crippen molar-refractivity contribution in [2.75, 3.05) is 42.7 Å². The summed E-state index contributed by atoms with van der Waals surface area (Å²) in [7, 11) is 1.53. The molecule has 1 atom stereocenters. The average molecular weight is 424 g/mol. The zero-order chi connectivity index (χ0) is 21.3. The summed E-state index contributed by atoms with van der Waals surface area (Å²) < 4.78 is 5.13. The van der Waals surface area contributed by atoms with E-state index >= 15 is 0 Å². The van der Waals surface area contributed by atoms with E-state index in [1.54, 1.807) is 28.6 Å². The second-order valence-electron chi connectivity index (χ2n) is 6.85. The maximum Gasteiger partial charge on any atom is 0.322 e. The first-order chi connectivity index (χ1) is 14.5. The van der Waals surface area contributed by atoms with Gasteiger partial charge in [-0.2, -0.15) is 10.2 Å². The number of amides is 2. The Balaban J connectivity index is 1.49. The zero-order valence-corrected chi connectivity index (χ0v) is 17.3. The second kappa shape index (κ2) is 8.00. The molecule has 11 heteroatoms. The summed E-state index contributed by atoms with van der Waals surface area (Å²) >= 11 is 1.41. The van der Waals surface area contributed by atoms with Crippen LogP contribution in [0.5, 0.6) is 5.75 Å². The Hall–Kier alpha value is -3.65. The molecule has 3 N–H and O–H groups in total. The van der Waals surface area contributed by atoms with E-state index in [2.05, 4.69) is 31.2 Å². The van der Waals surface area contributed by atoms with Gasteiger partial charge in [0.05, 0.1) is 23.9 Å². The lowest BCUT2D eigenvalue weighted by atomic mass is 10.1. The zero-order valence-electron chi connectivity index (χ0n) is 16.5. The van der Waals surface area contributed by atoms with Gasteiger partial charge in [0.1, 0.15) is 17.3 Å². The summed E-state index contributed by atoms with van der Waals surface area (Å²) in [6, 6.07) is 6.78. The Labute approximate surface area is 176 Å². The average Bonchev–Trinajstić information content (AvgIpc) is 3.21. The summed E-state index contributed by atoms with van der Waals surface area (Å²) in [5.41, 5.74) is 9.10. The van der Waals surface area contributed by atoms with Gasteiger partial charge in [-0.1, -0.05) is 0 Å². The van der Waals surface area contributed by atoms with Gasteiger partial charge >= 0.3 is 6.03 Å². The van der Waals surface area contributed by atoms with Crippen molar-refractivity contribution >= 4 is 45.2 Å². The number of nitrogens with one attached hydrogen (secondary N) is 1. The van der Waals surface area contributed by atoms with Gasteiger partial charge in [0.25, 0.3) is 0 Å². The molecule has 0 bridgehead atoms. The topological polar surface area (TPSA) is 133 Å². The molecule has 0 spiro atoms. The van der Waals surface area contributed by atoms with Crippen molar-refractivity contribution in [2.45, 2.75) is 13.0 Å². The number of aromatic nitrogens is 3. The molecule has 3 heterocycles. The maximum atomic E-state index is 12.8. The lowest BCUT2D eigenvalue weighted by Gasteiger charge is -2.40. The summed E-state index contributed by atoms with van der Waals surface area (Å²) in [4.78, 5) is 30.4. The van der Waals surface area contributed by atoms with Crippen LogP contribution in [0.1, 0.15) is 12.5 Å². The fourth-order valence-electron chi connectivity index (χ4n) is 3.47. The van der Waals surface area contributed by atoms with Crippen LogP contribution in [-0.2, 0) is 0 Å². The third-order valence-corrected chi connectivity index (χ3v) is 5.69. The SMILES string of the molecule is COc1ccc(NC(=O)N2CCN(c3nc(N)nc4scnc34)C(C)C2)c(C#N)c1. The van der Waals surface area contributed by atoms with E-state index in [0.29, 0.717) is 42.5 Å². The molecule has 1 unspecified atom stereocenters. The smallest absolute Gasteiger partial charge is 0.322 e. The number of nitrogens with two attached hydrogens (primary N) is 1. The monoisotopic (exact) mass is 424 g/mol. The molecular weight excluding hydrogens is 404 g/mol. The predicted molar refractivity (Wildman–Crippen MR) is 115 cm³/mol. The quantitative estimate of drug-likeness (QED) is 0.654. The van der Waals surface area contributed by atoms with Crippen molar-refractivity contribution in [1.82, 2.24) is 19.9 Å². The molecule has 1 aromatic carbocycles. The minimum absolute atomic E-state index is 0.00463. The van der Waals surface area contributed by atoms with Crippen LogP contribution < -0.4 is 20.7 Å². The lowest BCUT2D eigenvalue weighted by Crippen LogP contribution is -2.55. The van der Waals surface area contributed by atoms with Crippen LogP contribution in [0, 0.1) is 11.3 Å². The molecule has 4 rings (SSSR count). The number of carbonyl (C=O) groups is 1. The molecule has 30 heavy (non-hydrogen) atoms. The molecule has 1 aliphatic rings. The number of hydrogen-bond donors (Lipinski definition) is 2. The molecular formula is C19H20N8O2S. The summed E-state index contributed by atoms with van der Waals surface area (Å²) in [6.45, 7) is 3.57. The number of nitrogen functional groups attached to an aromatic ring is 1. The van der Waals surface area contributed by atoms with Gasteiger partial charge in [0.15, 0.2) is 10.6 Å². The van der Waals surface area contributed by atoms with Crippen LogP contribution in [0.3, 0.4) is 0 Å². The third-order valence-electron chi connectivity index (χ3n) is 4.97. The number of benzene rings is 1. The first kappa shape index (κ1) is 19.7.